The molecule has 3 aromatic rings. The molecule has 3 rings (SSSR count). The Bertz CT molecular complexity index is 1510. The van der Waals surface area contributed by atoms with Crippen LogP contribution in [0.2, 0.25) is 0 Å². The summed E-state index contributed by atoms with van der Waals surface area (Å²) in [5.41, 5.74) is 2.04. The Labute approximate surface area is 254 Å². The van der Waals surface area contributed by atoms with Crippen molar-refractivity contribution in [2.75, 3.05) is 31.7 Å². The largest absolute Gasteiger partial charge is 0.494 e. The van der Waals surface area contributed by atoms with Crippen LogP contribution >= 0.6 is 0 Å². The van der Waals surface area contributed by atoms with Gasteiger partial charge in [0.15, 0.2) is 11.5 Å². The molecule has 0 spiro atoms. The van der Waals surface area contributed by atoms with Crippen molar-refractivity contribution >= 4 is 27.5 Å². The molecule has 11 heteroatoms. The van der Waals surface area contributed by atoms with Crippen molar-refractivity contribution < 1.29 is 32.2 Å². The van der Waals surface area contributed by atoms with Crippen LogP contribution in [0, 0.1) is 6.92 Å². The number of anilines is 1. The average molecular weight is 612 g/mol. The van der Waals surface area contributed by atoms with Gasteiger partial charge in [-0.15, -0.1) is 0 Å². The van der Waals surface area contributed by atoms with Gasteiger partial charge in [0.25, 0.3) is 10.0 Å². The molecule has 0 heterocycles. The Morgan fingerprint density at radius 2 is 1.56 bits per heavy atom. The van der Waals surface area contributed by atoms with Gasteiger partial charge in [-0.05, 0) is 82.1 Å². The van der Waals surface area contributed by atoms with Crippen LogP contribution < -0.4 is 23.8 Å². The maximum absolute atomic E-state index is 14.2. The van der Waals surface area contributed by atoms with Gasteiger partial charge < -0.3 is 24.4 Å². The third-order valence-corrected chi connectivity index (χ3v) is 8.63. The van der Waals surface area contributed by atoms with Gasteiger partial charge in [0, 0.05) is 18.7 Å². The summed E-state index contributed by atoms with van der Waals surface area (Å²) in [6, 6.07) is 17.2. The normalized spacial score (nSPS) is 11.9. The molecule has 0 bridgehead atoms. The third kappa shape index (κ3) is 8.19. The van der Waals surface area contributed by atoms with E-state index in [1.165, 1.54) is 37.3 Å². The van der Waals surface area contributed by atoms with Crippen molar-refractivity contribution in [3.05, 3.63) is 77.9 Å². The molecule has 3 aromatic carbocycles. The minimum absolute atomic E-state index is 0.0945. The number of amides is 2. The minimum atomic E-state index is -4.30. The summed E-state index contributed by atoms with van der Waals surface area (Å²) in [5.74, 6) is 0.252. The lowest BCUT2D eigenvalue weighted by Gasteiger charge is -2.32. The molecule has 2 amide bonds. The SMILES string of the molecule is CCOc1ccc(N(CC(=O)N(Cc2ccccc2C)[C@H](C)C(=O)NC(C)C)S(=O)(=O)c2ccc(OC)c(OC)c2)cc1. The van der Waals surface area contributed by atoms with Crippen LogP contribution in [0.3, 0.4) is 0 Å². The lowest BCUT2D eigenvalue weighted by molar-refractivity contribution is -0.139. The predicted octanol–water partition coefficient (Wildman–Crippen LogP) is 4.55. The second-order valence-electron chi connectivity index (χ2n) is 10.2. The fourth-order valence-corrected chi connectivity index (χ4v) is 5.90. The standard InChI is InChI=1S/C32H41N3O7S/c1-8-42-27-15-13-26(14-16-27)35(43(38,39)28-17-18-29(40-6)30(19-28)41-7)21-31(36)34(24(5)32(37)33-22(2)3)20-25-12-10-9-11-23(25)4/h9-19,22,24H,8,20-21H2,1-7H3,(H,33,37)/t24-/m1/s1. The van der Waals surface area contributed by atoms with E-state index in [2.05, 4.69) is 5.32 Å². The first-order chi connectivity index (χ1) is 20.4. The number of ether oxygens (including phenoxy) is 3. The fourth-order valence-electron chi connectivity index (χ4n) is 4.47. The number of carbonyl (C=O) groups is 2. The van der Waals surface area contributed by atoms with E-state index >= 15 is 0 Å². The van der Waals surface area contributed by atoms with E-state index in [-0.39, 0.29) is 34.8 Å². The third-order valence-electron chi connectivity index (χ3n) is 6.86. The highest BCUT2D eigenvalue weighted by molar-refractivity contribution is 7.92. The number of sulfonamides is 1. The summed E-state index contributed by atoms with van der Waals surface area (Å²) in [6.45, 7) is 9.07. The van der Waals surface area contributed by atoms with Gasteiger partial charge in [-0.25, -0.2) is 8.42 Å². The number of methoxy groups -OCH3 is 2. The van der Waals surface area contributed by atoms with E-state index < -0.39 is 28.5 Å². The zero-order chi connectivity index (χ0) is 31.7. The number of rotatable bonds is 14. The molecule has 0 aromatic heterocycles. The Balaban J connectivity index is 2.09. The topological polar surface area (TPSA) is 114 Å². The van der Waals surface area contributed by atoms with Crippen molar-refractivity contribution in [2.24, 2.45) is 0 Å². The van der Waals surface area contributed by atoms with Crippen molar-refractivity contribution in [3.63, 3.8) is 0 Å². The average Bonchev–Trinajstić information content (AvgIpc) is 2.98. The second-order valence-corrected chi connectivity index (χ2v) is 12.1. The molecule has 10 nitrogen and oxygen atoms in total. The first-order valence-electron chi connectivity index (χ1n) is 14.0. The van der Waals surface area contributed by atoms with Crippen LogP contribution in [0.1, 0.15) is 38.8 Å². The molecule has 1 atom stereocenters. The number of nitrogens with one attached hydrogen (secondary N) is 1. The molecule has 1 N–H and O–H groups in total. The summed E-state index contributed by atoms with van der Waals surface area (Å²) in [7, 11) is -1.44. The quantitative estimate of drug-likeness (QED) is 0.285. The lowest BCUT2D eigenvalue weighted by Crippen LogP contribution is -2.52. The number of benzene rings is 3. The molecular formula is C32H41N3O7S. The van der Waals surface area contributed by atoms with Crippen LogP contribution in [0.5, 0.6) is 17.2 Å². The highest BCUT2D eigenvalue weighted by atomic mass is 32.2. The highest BCUT2D eigenvalue weighted by Crippen LogP contribution is 2.33. The summed E-state index contributed by atoms with van der Waals surface area (Å²) in [6.07, 6.45) is 0. The first-order valence-corrected chi connectivity index (χ1v) is 15.5. The van der Waals surface area contributed by atoms with Crippen LogP contribution in [0.25, 0.3) is 0 Å². The van der Waals surface area contributed by atoms with Crippen molar-refractivity contribution in [1.82, 2.24) is 10.2 Å². The van der Waals surface area contributed by atoms with Crippen molar-refractivity contribution in [3.8, 4) is 17.2 Å². The Morgan fingerprint density at radius 1 is 0.907 bits per heavy atom. The molecule has 43 heavy (non-hydrogen) atoms. The zero-order valence-corrected chi connectivity index (χ0v) is 26.6. The van der Waals surface area contributed by atoms with Gasteiger partial charge in [0.05, 0.1) is 31.4 Å². The van der Waals surface area contributed by atoms with Gasteiger partial charge in [-0.1, -0.05) is 24.3 Å². The van der Waals surface area contributed by atoms with E-state index in [4.69, 9.17) is 14.2 Å². The maximum atomic E-state index is 14.2. The number of aryl methyl sites for hydroxylation is 1. The van der Waals surface area contributed by atoms with E-state index in [1.807, 2.05) is 52.0 Å². The molecule has 0 saturated heterocycles. The van der Waals surface area contributed by atoms with Crippen LogP contribution in [0.15, 0.2) is 71.6 Å². The smallest absolute Gasteiger partial charge is 0.264 e. The highest BCUT2D eigenvalue weighted by Gasteiger charge is 2.33. The van der Waals surface area contributed by atoms with Crippen LogP contribution in [-0.2, 0) is 26.2 Å². The van der Waals surface area contributed by atoms with E-state index in [9.17, 15) is 18.0 Å². The Hall–Kier alpha value is -4.25. The van der Waals surface area contributed by atoms with E-state index in [0.29, 0.717) is 18.1 Å². The molecule has 0 aliphatic heterocycles. The molecule has 0 aliphatic rings. The molecular weight excluding hydrogens is 570 g/mol. The zero-order valence-electron chi connectivity index (χ0n) is 25.8. The molecule has 232 valence electrons. The van der Waals surface area contributed by atoms with Crippen molar-refractivity contribution in [2.45, 2.75) is 58.1 Å². The fraction of sp³-hybridized carbons (Fsp3) is 0.375. The first kappa shape index (κ1) is 33.3. The van der Waals surface area contributed by atoms with E-state index in [1.54, 1.807) is 31.2 Å². The number of carbonyl (C=O) groups excluding carboxylic acids is 2. The van der Waals surface area contributed by atoms with Gasteiger partial charge in [-0.2, -0.15) is 0 Å². The molecule has 0 saturated carbocycles. The second kappa shape index (κ2) is 14.8. The Kier molecular flexibility index (Phi) is 11.4. The number of hydrogen-bond donors (Lipinski definition) is 1. The summed E-state index contributed by atoms with van der Waals surface area (Å²) >= 11 is 0. The Morgan fingerprint density at radius 3 is 2.14 bits per heavy atom. The van der Waals surface area contributed by atoms with Gasteiger partial charge in [0.1, 0.15) is 18.3 Å². The summed E-state index contributed by atoms with van der Waals surface area (Å²) in [4.78, 5) is 28.5. The molecule has 0 aliphatic carbocycles. The van der Waals surface area contributed by atoms with E-state index in [0.717, 1.165) is 15.4 Å². The molecule has 0 unspecified atom stereocenters. The summed E-state index contributed by atoms with van der Waals surface area (Å²) < 4.78 is 45.5. The molecule has 0 radical (unpaired) electrons. The van der Waals surface area contributed by atoms with Crippen LogP contribution in [0.4, 0.5) is 5.69 Å². The maximum Gasteiger partial charge on any atom is 0.264 e. The van der Waals surface area contributed by atoms with Gasteiger partial charge in [-0.3, -0.25) is 13.9 Å². The monoisotopic (exact) mass is 611 g/mol. The number of hydrogen-bond acceptors (Lipinski definition) is 7. The van der Waals surface area contributed by atoms with Gasteiger partial charge in [0.2, 0.25) is 11.8 Å². The predicted molar refractivity (Wildman–Crippen MR) is 166 cm³/mol. The van der Waals surface area contributed by atoms with Crippen molar-refractivity contribution in [1.29, 1.82) is 0 Å². The molecule has 0 fully saturated rings. The minimum Gasteiger partial charge on any atom is -0.494 e. The van der Waals surface area contributed by atoms with Gasteiger partial charge >= 0.3 is 0 Å². The number of nitrogens with zero attached hydrogens (tertiary/aromatic N) is 2. The summed E-state index contributed by atoms with van der Waals surface area (Å²) in [5, 5.41) is 2.86. The van der Waals surface area contributed by atoms with Crippen LogP contribution in [-0.4, -0.2) is 64.6 Å². The lowest BCUT2D eigenvalue weighted by atomic mass is 10.1.